The third kappa shape index (κ3) is 5.46. The van der Waals surface area contributed by atoms with E-state index in [9.17, 15) is 4.79 Å². The number of halogens is 1. The van der Waals surface area contributed by atoms with E-state index in [0.717, 1.165) is 55.1 Å². The van der Waals surface area contributed by atoms with Crippen molar-refractivity contribution in [1.82, 2.24) is 4.90 Å². The van der Waals surface area contributed by atoms with Gasteiger partial charge in [-0.25, -0.2) is 0 Å². The van der Waals surface area contributed by atoms with E-state index >= 15 is 0 Å². The molecule has 6 heteroatoms. The number of amides is 1. The van der Waals surface area contributed by atoms with Crippen molar-refractivity contribution < 1.29 is 14.3 Å². The van der Waals surface area contributed by atoms with Crippen LogP contribution in [0.4, 0.5) is 5.69 Å². The molecule has 0 radical (unpaired) electrons. The van der Waals surface area contributed by atoms with Gasteiger partial charge in [0, 0.05) is 56.0 Å². The second kappa shape index (κ2) is 10.8. The maximum absolute atomic E-state index is 13.0. The maximum Gasteiger partial charge on any atom is 0.226 e. The van der Waals surface area contributed by atoms with E-state index in [2.05, 4.69) is 35.2 Å². The summed E-state index contributed by atoms with van der Waals surface area (Å²) in [5, 5.41) is 0.664. The summed E-state index contributed by atoms with van der Waals surface area (Å²) in [5.74, 6) is 2.00. The molecule has 188 valence electrons. The van der Waals surface area contributed by atoms with Crippen LogP contribution in [-0.2, 0) is 17.8 Å². The van der Waals surface area contributed by atoms with Gasteiger partial charge in [-0.2, -0.15) is 0 Å². The van der Waals surface area contributed by atoms with Crippen LogP contribution in [0.2, 0.25) is 5.02 Å². The van der Waals surface area contributed by atoms with E-state index < -0.39 is 0 Å². The molecule has 5 nitrogen and oxygen atoms in total. The standard InChI is InChI=1S/C30H33ClN2O3/c1-2-35-27-12-5-3-9-24(27)22-33-19-16-30(36-28-13-6-4-11-26(28)33)14-17-32(18-15-30)29(34)21-23-8-7-10-25(31)20-23/h3-13,20H,2,14-19,21-22H2,1H3. The van der Waals surface area contributed by atoms with Crippen molar-refractivity contribution in [1.29, 1.82) is 0 Å². The number of rotatable bonds is 6. The second-order valence-electron chi connectivity index (χ2n) is 9.65. The number of hydrogen-bond donors (Lipinski definition) is 0. The molecule has 36 heavy (non-hydrogen) atoms. The van der Waals surface area contributed by atoms with Crippen LogP contribution < -0.4 is 14.4 Å². The highest BCUT2D eigenvalue weighted by Gasteiger charge is 2.40. The van der Waals surface area contributed by atoms with Crippen molar-refractivity contribution in [3.8, 4) is 11.5 Å². The van der Waals surface area contributed by atoms with Gasteiger partial charge in [-0.3, -0.25) is 4.79 Å². The van der Waals surface area contributed by atoms with Gasteiger partial charge in [0.25, 0.3) is 0 Å². The summed E-state index contributed by atoms with van der Waals surface area (Å²) in [7, 11) is 0. The van der Waals surface area contributed by atoms with Crippen LogP contribution in [0, 0.1) is 0 Å². The lowest BCUT2D eigenvalue weighted by atomic mass is 9.87. The fourth-order valence-corrected chi connectivity index (χ4v) is 5.51. The first-order valence-corrected chi connectivity index (χ1v) is 13.2. The summed E-state index contributed by atoms with van der Waals surface area (Å²) >= 11 is 6.10. The Hall–Kier alpha value is -3.18. The molecule has 1 amide bonds. The number of benzene rings is 3. The zero-order chi connectivity index (χ0) is 25.0. The van der Waals surface area contributed by atoms with E-state index in [1.54, 1.807) is 0 Å². The third-order valence-corrected chi connectivity index (χ3v) is 7.51. The average molecular weight is 505 g/mol. The fourth-order valence-electron chi connectivity index (χ4n) is 5.30. The molecular formula is C30H33ClN2O3. The second-order valence-corrected chi connectivity index (χ2v) is 10.1. The van der Waals surface area contributed by atoms with Crippen LogP contribution >= 0.6 is 11.6 Å². The van der Waals surface area contributed by atoms with Crippen molar-refractivity contribution >= 4 is 23.2 Å². The van der Waals surface area contributed by atoms with Crippen LogP contribution in [-0.4, -0.2) is 42.6 Å². The Bertz CT molecular complexity index is 1210. The van der Waals surface area contributed by atoms with E-state index in [0.29, 0.717) is 31.1 Å². The lowest BCUT2D eigenvalue weighted by molar-refractivity contribution is -0.134. The van der Waals surface area contributed by atoms with Gasteiger partial charge in [0.15, 0.2) is 0 Å². The minimum Gasteiger partial charge on any atom is -0.494 e. The summed E-state index contributed by atoms with van der Waals surface area (Å²) in [4.78, 5) is 17.4. The molecule has 1 spiro atoms. The van der Waals surface area contributed by atoms with Crippen molar-refractivity contribution in [2.75, 3.05) is 31.1 Å². The Kier molecular flexibility index (Phi) is 7.38. The smallest absolute Gasteiger partial charge is 0.226 e. The Morgan fingerprint density at radius 2 is 1.72 bits per heavy atom. The molecule has 0 unspecified atom stereocenters. The highest BCUT2D eigenvalue weighted by molar-refractivity contribution is 6.30. The van der Waals surface area contributed by atoms with Gasteiger partial charge in [0.2, 0.25) is 5.91 Å². The first kappa shape index (κ1) is 24.5. The zero-order valence-electron chi connectivity index (χ0n) is 20.8. The number of hydrogen-bond acceptors (Lipinski definition) is 4. The summed E-state index contributed by atoms with van der Waals surface area (Å²) in [6, 6.07) is 24.1. The number of nitrogens with zero attached hydrogens (tertiary/aromatic N) is 2. The van der Waals surface area contributed by atoms with Crippen LogP contribution in [0.25, 0.3) is 0 Å². The average Bonchev–Trinajstić information content (AvgIpc) is 3.03. The predicted octanol–water partition coefficient (Wildman–Crippen LogP) is 6.13. The highest BCUT2D eigenvalue weighted by Crippen LogP contribution is 2.41. The number of piperidine rings is 1. The van der Waals surface area contributed by atoms with Gasteiger partial charge in [0.1, 0.15) is 17.1 Å². The van der Waals surface area contributed by atoms with Gasteiger partial charge in [-0.1, -0.05) is 54.1 Å². The van der Waals surface area contributed by atoms with Crippen LogP contribution in [0.1, 0.15) is 37.3 Å². The van der Waals surface area contributed by atoms with E-state index in [1.165, 1.54) is 5.56 Å². The Morgan fingerprint density at radius 3 is 2.53 bits per heavy atom. The molecule has 5 rings (SSSR count). The molecule has 2 aliphatic heterocycles. The van der Waals surface area contributed by atoms with Gasteiger partial charge < -0.3 is 19.3 Å². The number of carbonyl (C=O) groups excluding carboxylic acids is 1. The number of likely N-dealkylation sites (tertiary alicyclic amines) is 1. The zero-order valence-corrected chi connectivity index (χ0v) is 21.5. The molecule has 2 aliphatic rings. The fraction of sp³-hybridized carbons (Fsp3) is 0.367. The molecule has 0 aromatic heterocycles. The van der Waals surface area contributed by atoms with E-state index in [4.69, 9.17) is 21.1 Å². The summed E-state index contributed by atoms with van der Waals surface area (Å²) < 4.78 is 12.7. The minimum absolute atomic E-state index is 0.148. The highest BCUT2D eigenvalue weighted by atomic mass is 35.5. The molecule has 1 saturated heterocycles. The summed E-state index contributed by atoms with van der Waals surface area (Å²) in [6.45, 7) is 5.71. The molecule has 0 atom stereocenters. The summed E-state index contributed by atoms with van der Waals surface area (Å²) in [6.07, 6.45) is 2.94. The van der Waals surface area contributed by atoms with Crippen molar-refractivity contribution in [2.24, 2.45) is 0 Å². The van der Waals surface area contributed by atoms with Gasteiger partial charge in [-0.15, -0.1) is 0 Å². The monoisotopic (exact) mass is 504 g/mol. The first-order chi connectivity index (χ1) is 17.5. The molecule has 0 bridgehead atoms. The molecule has 1 fully saturated rings. The quantitative estimate of drug-likeness (QED) is 0.405. The van der Waals surface area contributed by atoms with Gasteiger partial charge >= 0.3 is 0 Å². The molecule has 3 aromatic carbocycles. The van der Waals surface area contributed by atoms with Gasteiger partial charge in [-0.05, 0) is 42.8 Å². The molecule has 0 aliphatic carbocycles. The van der Waals surface area contributed by atoms with Crippen LogP contribution in [0.5, 0.6) is 11.5 Å². The SMILES string of the molecule is CCOc1ccccc1CN1CCC2(CCN(C(=O)Cc3cccc(Cl)c3)CC2)Oc2ccccc21. The lowest BCUT2D eigenvalue weighted by Crippen LogP contribution is -2.50. The molecule has 2 heterocycles. The van der Waals surface area contributed by atoms with Crippen molar-refractivity contribution in [2.45, 2.75) is 44.8 Å². The number of para-hydroxylation sites is 3. The van der Waals surface area contributed by atoms with Crippen molar-refractivity contribution in [3.05, 3.63) is 88.9 Å². The predicted molar refractivity (Wildman–Crippen MR) is 144 cm³/mol. The largest absolute Gasteiger partial charge is 0.494 e. The molecule has 0 N–H and O–H groups in total. The molecular weight excluding hydrogens is 472 g/mol. The topological polar surface area (TPSA) is 42.0 Å². The van der Waals surface area contributed by atoms with Crippen LogP contribution in [0.15, 0.2) is 72.8 Å². The number of anilines is 1. The van der Waals surface area contributed by atoms with Crippen LogP contribution in [0.3, 0.4) is 0 Å². The summed E-state index contributed by atoms with van der Waals surface area (Å²) in [5.41, 5.74) is 2.97. The Labute approximate surface area is 218 Å². The minimum atomic E-state index is -0.267. The maximum atomic E-state index is 13.0. The van der Waals surface area contributed by atoms with Crippen molar-refractivity contribution in [3.63, 3.8) is 0 Å². The number of fused-ring (bicyclic) bond motifs is 1. The lowest BCUT2D eigenvalue weighted by Gasteiger charge is -2.41. The van der Waals surface area contributed by atoms with Gasteiger partial charge in [0.05, 0.1) is 18.7 Å². The molecule has 0 saturated carbocycles. The number of carbonyl (C=O) groups is 1. The Morgan fingerprint density at radius 1 is 0.972 bits per heavy atom. The van der Waals surface area contributed by atoms with E-state index in [1.807, 2.05) is 54.3 Å². The normalized spacial score (nSPS) is 16.7. The van der Waals surface area contributed by atoms with E-state index in [-0.39, 0.29) is 11.5 Å². The Balaban J connectivity index is 1.29. The number of ether oxygens (including phenoxy) is 2. The third-order valence-electron chi connectivity index (χ3n) is 7.28. The molecule has 3 aromatic rings. The first-order valence-electron chi connectivity index (χ1n) is 12.8.